The van der Waals surface area contributed by atoms with Crippen molar-refractivity contribution in [2.45, 2.75) is 50.2 Å². The molecule has 0 aromatic rings. The van der Waals surface area contributed by atoms with Crippen LogP contribution >= 0.6 is 0 Å². The lowest BCUT2D eigenvalue weighted by Gasteiger charge is -2.43. The molecule has 0 amide bonds. The van der Waals surface area contributed by atoms with Gasteiger partial charge in [-0.15, -0.1) is 0 Å². The van der Waals surface area contributed by atoms with Crippen molar-refractivity contribution in [2.75, 3.05) is 13.1 Å². The van der Waals surface area contributed by atoms with E-state index in [2.05, 4.69) is 15.8 Å². The molecule has 2 N–H and O–H groups in total. The van der Waals surface area contributed by atoms with Gasteiger partial charge in [0.2, 0.25) is 0 Å². The molecule has 3 nitrogen and oxygen atoms in total. The zero-order valence-electron chi connectivity index (χ0n) is 8.18. The van der Waals surface area contributed by atoms with E-state index in [0.29, 0.717) is 5.66 Å². The Kier molecular flexibility index (Phi) is 1.86. The molecule has 74 valence electrons. The van der Waals surface area contributed by atoms with Gasteiger partial charge in [-0.25, -0.2) is 10.4 Å². The summed E-state index contributed by atoms with van der Waals surface area (Å²) in [5.41, 5.74) is 3.98. The van der Waals surface area contributed by atoms with Crippen LogP contribution in [0.25, 0.3) is 0 Å². The first kappa shape index (κ1) is 8.21. The summed E-state index contributed by atoms with van der Waals surface area (Å²) in [7, 11) is 0. The van der Waals surface area contributed by atoms with Gasteiger partial charge in [0, 0.05) is 19.1 Å². The van der Waals surface area contributed by atoms with Crippen LogP contribution in [0.5, 0.6) is 0 Å². The van der Waals surface area contributed by atoms with Crippen LogP contribution in [0.1, 0.15) is 38.5 Å². The molecule has 2 bridgehead atoms. The second kappa shape index (κ2) is 2.94. The molecule has 2 unspecified atom stereocenters. The van der Waals surface area contributed by atoms with Crippen LogP contribution in [0.4, 0.5) is 0 Å². The Labute approximate surface area is 79.8 Å². The maximum atomic E-state index is 3.75. The average Bonchev–Trinajstić information content (AvgIpc) is 2.36. The first-order valence-electron chi connectivity index (χ1n) is 5.67. The number of piperidine rings is 1. The highest BCUT2D eigenvalue weighted by molar-refractivity contribution is 4.99. The van der Waals surface area contributed by atoms with Crippen LogP contribution in [0.3, 0.4) is 0 Å². The van der Waals surface area contributed by atoms with Crippen LogP contribution in [-0.4, -0.2) is 29.8 Å². The molecule has 2 atom stereocenters. The Morgan fingerprint density at radius 2 is 2.08 bits per heavy atom. The van der Waals surface area contributed by atoms with E-state index >= 15 is 0 Å². The molecule has 3 aliphatic heterocycles. The van der Waals surface area contributed by atoms with Crippen LogP contribution in [-0.2, 0) is 0 Å². The summed E-state index contributed by atoms with van der Waals surface area (Å²) in [5, 5.41) is 6.13. The topological polar surface area (TPSA) is 27.3 Å². The van der Waals surface area contributed by atoms with Gasteiger partial charge < -0.3 is 0 Å². The molecular formula is C10H19N3. The third-order valence-electron chi connectivity index (χ3n) is 3.78. The number of nitrogens with zero attached hydrogens (tertiary/aromatic N) is 1. The van der Waals surface area contributed by atoms with E-state index in [1.165, 1.54) is 51.6 Å². The summed E-state index contributed by atoms with van der Waals surface area (Å²) in [4.78, 5) is 0. The van der Waals surface area contributed by atoms with E-state index in [1.54, 1.807) is 0 Å². The van der Waals surface area contributed by atoms with E-state index < -0.39 is 0 Å². The van der Waals surface area contributed by atoms with Crippen molar-refractivity contribution in [3.8, 4) is 0 Å². The molecule has 0 aliphatic carbocycles. The predicted molar refractivity (Wildman–Crippen MR) is 52.1 cm³/mol. The number of hydrogen-bond acceptors (Lipinski definition) is 3. The first-order chi connectivity index (χ1) is 6.36. The molecule has 0 spiro atoms. The fraction of sp³-hybridized carbons (Fsp3) is 1.00. The van der Waals surface area contributed by atoms with Gasteiger partial charge in [0.05, 0.1) is 5.66 Å². The third kappa shape index (κ3) is 1.39. The molecule has 3 aliphatic rings. The van der Waals surface area contributed by atoms with E-state index in [9.17, 15) is 0 Å². The molecule has 0 radical (unpaired) electrons. The van der Waals surface area contributed by atoms with E-state index in [0.717, 1.165) is 6.04 Å². The summed E-state index contributed by atoms with van der Waals surface area (Å²) in [6.45, 7) is 2.49. The van der Waals surface area contributed by atoms with Crippen molar-refractivity contribution in [2.24, 2.45) is 0 Å². The van der Waals surface area contributed by atoms with Crippen LogP contribution in [0, 0.1) is 0 Å². The quantitative estimate of drug-likeness (QED) is 0.660. The lowest BCUT2D eigenvalue weighted by Crippen LogP contribution is -2.65. The number of hydrogen-bond donors (Lipinski definition) is 2. The van der Waals surface area contributed by atoms with Crippen molar-refractivity contribution in [3.63, 3.8) is 0 Å². The minimum absolute atomic E-state index is 0.295. The highest BCUT2D eigenvalue weighted by Crippen LogP contribution is 2.34. The molecule has 3 rings (SSSR count). The average molecular weight is 181 g/mol. The number of hydrazine groups is 1. The fourth-order valence-corrected chi connectivity index (χ4v) is 2.89. The molecule has 3 saturated heterocycles. The van der Waals surface area contributed by atoms with Crippen molar-refractivity contribution >= 4 is 0 Å². The Morgan fingerprint density at radius 3 is 2.85 bits per heavy atom. The normalized spacial score (nSPS) is 44.8. The smallest absolute Gasteiger partial charge is 0.0822 e. The summed E-state index contributed by atoms with van der Waals surface area (Å²) in [5.74, 6) is 0. The highest BCUT2D eigenvalue weighted by Gasteiger charge is 2.42. The van der Waals surface area contributed by atoms with E-state index in [-0.39, 0.29) is 0 Å². The lowest BCUT2D eigenvalue weighted by molar-refractivity contribution is 0.0234. The van der Waals surface area contributed by atoms with Gasteiger partial charge in [0.25, 0.3) is 0 Å². The number of rotatable bonds is 2. The zero-order chi connectivity index (χ0) is 8.73. The molecule has 3 heterocycles. The third-order valence-corrected chi connectivity index (χ3v) is 3.78. The molecule has 0 aromatic carbocycles. The Morgan fingerprint density at radius 1 is 1.15 bits per heavy atom. The standard InChI is InChI=1S/C10H19N3/c1-3-9-4-6-10(5-1,11-9)12-13-7-2-8-13/h9,11-12H,1-8H2. The second-order valence-corrected chi connectivity index (χ2v) is 4.81. The molecule has 0 saturated carbocycles. The Hall–Kier alpha value is -0.120. The summed E-state index contributed by atoms with van der Waals surface area (Å²) >= 11 is 0. The molecule has 0 aromatic heterocycles. The highest BCUT2D eigenvalue weighted by atomic mass is 15.6. The summed E-state index contributed by atoms with van der Waals surface area (Å²) in [6, 6.07) is 0.808. The monoisotopic (exact) mass is 181 g/mol. The molecule has 3 heteroatoms. The first-order valence-corrected chi connectivity index (χ1v) is 5.67. The molecule has 13 heavy (non-hydrogen) atoms. The van der Waals surface area contributed by atoms with Gasteiger partial charge in [0.1, 0.15) is 0 Å². The molecule has 3 fully saturated rings. The minimum atomic E-state index is 0.295. The van der Waals surface area contributed by atoms with E-state index in [1.807, 2.05) is 0 Å². The molecular weight excluding hydrogens is 162 g/mol. The van der Waals surface area contributed by atoms with Crippen LogP contribution in [0.2, 0.25) is 0 Å². The van der Waals surface area contributed by atoms with Gasteiger partial charge in [-0.2, -0.15) is 0 Å². The van der Waals surface area contributed by atoms with Crippen molar-refractivity contribution in [1.29, 1.82) is 0 Å². The van der Waals surface area contributed by atoms with E-state index in [4.69, 9.17) is 0 Å². The van der Waals surface area contributed by atoms with Gasteiger partial charge >= 0.3 is 0 Å². The second-order valence-electron chi connectivity index (χ2n) is 4.81. The maximum Gasteiger partial charge on any atom is 0.0822 e. The van der Waals surface area contributed by atoms with Crippen molar-refractivity contribution < 1.29 is 0 Å². The predicted octanol–water partition coefficient (Wildman–Crippen LogP) is 0.829. The lowest BCUT2D eigenvalue weighted by atomic mass is 10.0. The van der Waals surface area contributed by atoms with Gasteiger partial charge in [0.15, 0.2) is 0 Å². The van der Waals surface area contributed by atoms with Crippen LogP contribution < -0.4 is 10.7 Å². The minimum Gasteiger partial charge on any atom is -0.296 e. The summed E-state index contributed by atoms with van der Waals surface area (Å²) in [6.07, 6.45) is 8.18. The Balaban J connectivity index is 1.65. The van der Waals surface area contributed by atoms with Crippen LogP contribution in [0.15, 0.2) is 0 Å². The number of nitrogens with one attached hydrogen (secondary N) is 2. The SMILES string of the molecule is C1CN(NC23CCCC(CC2)N3)C1. The number of fused-ring (bicyclic) bond motifs is 2. The van der Waals surface area contributed by atoms with Gasteiger partial charge in [-0.1, -0.05) is 0 Å². The summed E-state index contributed by atoms with van der Waals surface area (Å²) < 4.78 is 0. The fourth-order valence-electron chi connectivity index (χ4n) is 2.89. The van der Waals surface area contributed by atoms with Crippen molar-refractivity contribution in [3.05, 3.63) is 0 Å². The van der Waals surface area contributed by atoms with Gasteiger partial charge in [-0.05, 0) is 38.5 Å². The maximum absolute atomic E-state index is 3.75. The Bertz CT molecular complexity index is 198. The van der Waals surface area contributed by atoms with Gasteiger partial charge in [-0.3, -0.25) is 5.32 Å². The van der Waals surface area contributed by atoms with Crippen molar-refractivity contribution in [1.82, 2.24) is 15.8 Å². The zero-order valence-corrected chi connectivity index (χ0v) is 8.18. The largest absolute Gasteiger partial charge is 0.296 e.